The summed E-state index contributed by atoms with van der Waals surface area (Å²) in [4.78, 5) is 11.3. The Labute approximate surface area is 85.0 Å². The average molecular weight is 204 g/mol. The molecule has 1 fully saturated rings. The van der Waals surface area contributed by atoms with Crippen molar-refractivity contribution in [1.82, 2.24) is 5.32 Å². The van der Waals surface area contributed by atoms with Gasteiger partial charge >= 0.3 is 0 Å². The van der Waals surface area contributed by atoms with Gasteiger partial charge in [0, 0.05) is 6.04 Å². The van der Waals surface area contributed by atoms with Crippen molar-refractivity contribution in [2.75, 3.05) is 0 Å². The van der Waals surface area contributed by atoms with Crippen molar-refractivity contribution in [2.45, 2.75) is 51.5 Å². The number of alkyl halides is 1. The van der Waals surface area contributed by atoms with Gasteiger partial charge in [0.25, 0.3) is 0 Å². The molecule has 0 spiro atoms. The highest BCUT2D eigenvalue weighted by atomic mass is 35.5. The van der Waals surface area contributed by atoms with Crippen LogP contribution in [-0.2, 0) is 4.79 Å². The van der Waals surface area contributed by atoms with Crippen molar-refractivity contribution in [2.24, 2.45) is 5.41 Å². The van der Waals surface area contributed by atoms with Crippen LogP contribution in [0.5, 0.6) is 0 Å². The van der Waals surface area contributed by atoms with Crippen molar-refractivity contribution in [3.63, 3.8) is 0 Å². The normalized spacial score (nSPS) is 28.5. The molecule has 1 aliphatic carbocycles. The van der Waals surface area contributed by atoms with E-state index in [-0.39, 0.29) is 5.91 Å². The lowest BCUT2D eigenvalue weighted by Crippen LogP contribution is -2.37. The van der Waals surface area contributed by atoms with Crippen LogP contribution in [-0.4, -0.2) is 17.3 Å². The van der Waals surface area contributed by atoms with Crippen LogP contribution in [0, 0.1) is 5.41 Å². The summed E-state index contributed by atoms with van der Waals surface area (Å²) < 4.78 is 0. The van der Waals surface area contributed by atoms with Crippen molar-refractivity contribution in [3.8, 4) is 0 Å². The molecule has 1 rings (SSSR count). The number of carbonyl (C=O) groups is 1. The molecule has 0 aromatic carbocycles. The summed E-state index contributed by atoms with van der Waals surface area (Å²) in [5.41, 5.74) is 0.382. The minimum Gasteiger partial charge on any atom is -0.352 e. The van der Waals surface area contributed by atoms with E-state index in [0.29, 0.717) is 11.5 Å². The maximum absolute atomic E-state index is 11.3. The Morgan fingerprint density at radius 3 is 2.62 bits per heavy atom. The van der Waals surface area contributed by atoms with E-state index in [0.717, 1.165) is 12.8 Å². The molecule has 13 heavy (non-hydrogen) atoms. The molecule has 0 saturated heterocycles. The van der Waals surface area contributed by atoms with E-state index in [9.17, 15) is 4.79 Å². The van der Waals surface area contributed by atoms with Crippen molar-refractivity contribution >= 4 is 17.5 Å². The molecular weight excluding hydrogens is 186 g/mol. The predicted molar refractivity (Wildman–Crippen MR) is 54.9 cm³/mol. The molecule has 0 bridgehead atoms. The molecule has 2 atom stereocenters. The molecule has 1 N–H and O–H groups in total. The molecule has 0 radical (unpaired) electrons. The number of amides is 1. The minimum atomic E-state index is -0.413. The second kappa shape index (κ2) is 3.87. The van der Waals surface area contributed by atoms with Gasteiger partial charge in [-0.25, -0.2) is 0 Å². The highest BCUT2D eigenvalue weighted by Crippen LogP contribution is 2.36. The number of rotatable bonds is 2. The van der Waals surface area contributed by atoms with Crippen LogP contribution in [0.25, 0.3) is 0 Å². The van der Waals surface area contributed by atoms with Crippen LogP contribution in [0.3, 0.4) is 0 Å². The fraction of sp³-hybridized carbons (Fsp3) is 0.900. The first-order chi connectivity index (χ1) is 5.91. The number of carbonyl (C=O) groups excluding carboxylic acids is 1. The van der Waals surface area contributed by atoms with Gasteiger partial charge in [0.1, 0.15) is 5.38 Å². The van der Waals surface area contributed by atoms with Crippen LogP contribution < -0.4 is 5.32 Å². The van der Waals surface area contributed by atoms with E-state index in [4.69, 9.17) is 11.6 Å². The van der Waals surface area contributed by atoms with E-state index >= 15 is 0 Å². The summed E-state index contributed by atoms with van der Waals surface area (Å²) >= 11 is 5.67. The van der Waals surface area contributed by atoms with Gasteiger partial charge < -0.3 is 5.32 Å². The smallest absolute Gasteiger partial charge is 0.237 e. The molecule has 1 aliphatic rings. The Bertz CT molecular complexity index is 201. The van der Waals surface area contributed by atoms with Gasteiger partial charge in [-0.2, -0.15) is 0 Å². The van der Waals surface area contributed by atoms with Crippen LogP contribution in [0.1, 0.15) is 40.0 Å². The topological polar surface area (TPSA) is 29.1 Å². The largest absolute Gasteiger partial charge is 0.352 e. The van der Waals surface area contributed by atoms with E-state index in [2.05, 4.69) is 19.2 Å². The summed E-state index contributed by atoms with van der Waals surface area (Å²) in [6.07, 6.45) is 3.35. The lowest BCUT2D eigenvalue weighted by molar-refractivity contribution is -0.121. The summed E-state index contributed by atoms with van der Waals surface area (Å²) in [5.74, 6) is -0.0376. The lowest BCUT2D eigenvalue weighted by atomic mass is 9.92. The molecular formula is C10H18ClNO. The second-order valence-electron chi connectivity index (χ2n) is 4.73. The van der Waals surface area contributed by atoms with E-state index < -0.39 is 5.38 Å². The summed E-state index contributed by atoms with van der Waals surface area (Å²) in [5, 5.41) is 2.55. The number of hydrogen-bond acceptors (Lipinski definition) is 1. The molecule has 1 amide bonds. The molecule has 2 unspecified atom stereocenters. The number of halogens is 1. The van der Waals surface area contributed by atoms with Gasteiger partial charge in [-0.3, -0.25) is 4.79 Å². The zero-order chi connectivity index (χ0) is 10.1. The highest BCUT2D eigenvalue weighted by molar-refractivity contribution is 6.30. The van der Waals surface area contributed by atoms with E-state index in [1.165, 1.54) is 6.42 Å². The second-order valence-corrected chi connectivity index (χ2v) is 5.38. The average Bonchev–Trinajstić information content (AvgIpc) is 2.30. The molecule has 1 saturated carbocycles. The van der Waals surface area contributed by atoms with Crippen LogP contribution >= 0.6 is 11.6 Å². The summed E-state index contributed by atoms with van der Waals surface area (Å²) in [6.45, 7) is 6.18. The molecule has 3 heteroatoms. The quantitative estimate of drug-likeness (QED) is 0.686. The third-order valence-electron chi connectivity index (χ3n) is 2.68. The predicted octanol–water partition coefficient (Wildman–Crippen LogP) is 2.31. The fourth-order valence-corrected chi connectivity index (χ4v) is 1.94. The van der Waals surface area contributed by atoms with Crippen molar-refractivity contribution in [3.05, 3.63) is 0 Å². The highest BCUT2D eigenvalue weighted by Gasteiger charge is 2.31. The molecule has 2 nitrogen and oxygen atoms in total. The Morgan fingerprint density at radius 2 is 2.23 bits per heavy atom. The van der Waals surface area contributed by atoms with Crippen molar-refractivity contribution < 1.29 is 4.79 Å². The molecule has 0 aromatic heterocycles. The minimum absolute atomic E-state index is 0.0376. The SMILES string of the molecule is CC(Cl)C(=O)NC1CCC(C)(C)C1. The van der Waals surface area contributed by atoms with Gasteiger partial charge in [-0.15, -0.1) is 11.6 Å². The van der Waals surface area contributed by atoms with Gasteiger partial charge in [-0.1, -0.05) is 13.8 Å². The monoisotopic (exact) mass is 203 g/mol. The lowest BCUT2D eigenvalue weighted by Gasteiger charge is -2.18. The van der Waals surface area contributed by atoms with Crippen molar-refractivity contribution in [1.29, 1.82) is 0 Å². The van der Waals surface area contributed by atoms with Gasteiger partial charge in [0.2, 0.25) is 5.91 Å². The third kappa shape index (κ3) is 3.18. The fourth-order valence-electron chi connectivity index (χ4n) is 1.88. The first-order valence-corrected chi connectivity index (χ1v) is 5.29. The van der Waals surface area contributed by atoms with E-state index in [1.807, 2.05) is 0 Å². The number of hydrogen-bond donors (Lipinski definition) is 1. The van der Waals surface area contributed by atoms with Gasteiger partial charge in [0.15, 0.2) is 0 Å². The Hall–Kier alpha value is -0.240. The first-order valence-electron chi connectivity index (χ1n) is 4.85. The van der Waals surface area contributed by atoms with Gasteiger partial charge in [0.05, 0.1) is 0 Å². The summed E-state index contributed by atoms with van der Waals surface area (Å²) in [7, 11) is 0. The number of nitrogens with one attached hydrogen (secondary N) is 1. The Balaban J connectivity index is 2.37. The molecule has 0 aliphatic heterocycles. The third-order valence-corrected chi connectivity index (χ3v) is 2.87. The van der Waals surface area contributed by atoms with E-state index in [1.54, 1.807) is 6.92 Å². The van der Waals surface area contributed by atoms with Crippen LogP contribution in [0.4, 0.5) is 0 Å². The van der Waals surface area contributed by atoms with Gasteiger partial charge in [-0.05, 0) is 31.6 Å². The molecule has 0 heterocycles. The van der Waals surface area contributed by atoms with Crippen LogP contribution in [0.15, 0.2) is 0 Å². The summed E-state index contributed by atoms with van der Waals surface area (Å²) in [6, 6.07) is 0.337. The maximum atomic E-state index is 11.3. The Kier molecular flexibility index (Phi) is 3.23. The van der Waals surface area contributed by atoms with Crippen LogP contribution in [0.2, 0.25) is 0 Å². The first kappa shape index (κ1) is 10.8. The standard InChI is InChI=1S/C10H18ClNO/c1-7(11)9(13)12-8-4-5-10(2,3)6-8/h7-8H,4-6H2,1-3H3,(H,12,13). The zero-order valence-electron chi connectivity index (χ0n) is 8.56. The molecule has 0 aromatic rings. The maximum Gasteiger partial charge on any atom is 0.237 e. The Morgan fingerprint density at radius 1 is 1.62 bits per heavy atom. The molecule has 76 valence electrons. The zero-order valence-corrected chi connectivity index (χ0v) is 9.32.